The molecule has 8 heteroatoms. The summed E-state index contributed by atoms with van der Waals surface area (Å²) in [5.41, 5.74) is 4.78. The number of nitrogen functional groups attached to an aromatic ring is 1. The summed E-state index contributed by atoms with van der Waals surface area (Å²) in [4.78, 5) is 11.5. The van der Waals surface area contributed by atoms with Crippen molar-refractivity contribution in [3.05, 3.63) is 23.8 Å². The van der Waals surface area contributed by atoms with Crippen LogP contribution in [0.25, 0.3) is 0 Å². The fourth-order valence-corrected chi connectivity index (χ4v) is 3.99. The largest absolute Gasteiger partial charge is 0.465 e. The number of aliphatic hydroxyl groups is 1. The zero-order valence-corrected chi connectivity index (χ0v) is 12.7. The number of esters is 1. The zero-order chi connectivity index (χ0) is 15.8. The van der Waals surface area contributed by atoms with Crippen LogP contribution in [-0.4, -0.2) is 49.6 Å². The van der Waals surface area contributed by atoms with Crippen molar-refractivity contribution >= 4 is 21.7 Å². The lowest BCUT2D eigenvalue weighted by molar-refractivity contribution is -0.0613. The highest BCUT2D eigenvalue weighted by atomic mass is 32.2. The van der Waals surface area contributed by atoms with Crippen molar-refractivity contribution in [2.24, 2.45) is 0 Å². The Morgan fingerprint density at radius 1 is 1.48 bits per heavy atom. The molecule has 1 saturated heterocycles. The van der Waals surface area contributed by atoms with Crippen molar-refractivity contribution in [2.45, 2.75) is 23.8 Å². The van der Waals surface area contributed by atoms with E-state index in [0.29, 0.717) is 6.42 Å². The van der Waals surface area contributed by atoms with Crippen molar-refractivity contribution < 1.29 is 23.1 Å². The minimum absolute atomic E-state index is 0.00124. The van der Waals surface area contributed by atoms with Crippen LogP contribution in [0.2, 0.25) is 0 Å². The van der Waals surface area contributed by atoms with Crippen LogP contribution in [0.5, 0.6) is 0 Å². The third kappa shape index (κ3) is 2.74. The molecule has 1 fully saturated rings. The summed E-state index contributed by atoms with van der Waals surface area (Å²) in [5, 5.41) is 9.96. The van der Waals surface area contributed by atoms with E-state index in [-0.39, 0.29) is 29.2 Å². The second kappa shape index (κ2) is 5.28. The molecular formula is C13H18N2O5S. The highest BCUT2D eigenvalue weighted by molar-refractivity contribution is 7.89. The quantitative estimate of drug-likeness (QED) is 0.607. The summed E-state index contributed by atoms with van der Waals surface area (Å²) >= 11 is 0. The van der Waals surface area contributed by atoms with Crippen LogP contribution in [0.3, 0.4) is 0 Å². The molecule has 116 valence electrons. The van der Waals surface area contributed by atoms with E-state index in [2.05, 4.69) is 4.74 Å². The first kappa shape index (κ1) is 15.7. The first-order valence-corrected chi connectivity index (χ1v) is 7.88. The van der Waals surface area contributed by atoms with E-state index in [0.717, 1.165) is 4.31 Å². The SMILES string of the molecule is CCC1(O)CN(S(=O)(=O)c2cc(N)ccc2C(=O)OC)C1. The lowest BCUT2D eigenvalue weighted by Crippen LogP contribution is -2.62. The van der Waals surface area contributed by atoms with Crippen LogP contribution in [0.15, 0.2) is 23.1 Å². The van der Waals surface area contributed by atoms with Crippen molar-refractivity contribution in [1.82, 2.24) is 4.31 Å². The number of hydrogen-bond acceptors (Lipinski definition) is 6. The van der Waals surface area contributed by atoms with E-state index in [1.165, 1.54) is 25.3 Å². The van der Waals surface area contributed by atoms with Crippen molar-refractivity contribution in [3.8, 4) is 0 Å². The monoisotopic (exact) mass is 314 g/mol. The van der Waals surface area contributed by atoms with Gasteiger partial charge in [0.2, 0.25) is 10.0 Å². The van der Waals surface area contributed by atoms with Crippen LogP contribution >= 0.6 is 0 Å². The van der Waals surface area contributed by atoms with Crippen LogP contribution in [0, 0.1) is 0 Å². The van der Waals surface area contributed by atoms with Crippen molar-refractivity contribution in [2.75, 3.05) is 25.9 Å². The predicted molar refractivity (Wildman–Crippen MR) is 76.2 cm³/mol. The summed E-state index contributed by atoms with van der Waals surface area (Å²) < 4.78 is 30.8. The van der Waals surface area contributed by atoms with Gasteiger partial charge >= 0.3 is 5.97 Å². The minimum atomic E-state index is -3.90. The van der Waals surface area contributed by atoms with E-state index in [1.807, 2.05) is 0 Å². The second-order valence-corrected chi connectivity index (χ2v) is 7.00. The number of carbonyl (C=O) groups is 1. The number of nitrogens with two attached hydrogens (primary N) is 1. The fraction of sp³-hybridized carbons (Fsp3) is 0.462. The maximum absolute atomic E-state index is 12.6. The maximum Gasteiger partial charge on any atom is 0.339 e. The molecule has 0 bridgehead atoms. The summed E-state index contributed by atoms with van der Waals surface area (Å²) in [6.07, 6.45) is 0.458. The second-order valence-electron chi connectivity index (χ2n) is 5.10. The Hall–Kier alpha value is -1.64. The highest BCUT2D eigenvalue weighted by Gasteiger charge is 2.46. The number of hydrogen-bond donors (Lipinski definition) is 2. The number of ether oxygens (including phenoxy) is 1. The van der Waals surface area contributed by atoms with Gasteiger partial charge in [-0.2, -0.15) is 4.31 Å². The predicted octanol–water partition coefficient (Wildman–Crippen LogP) is 0.201. The molecule has 1 aliphatic heterocycles. The van der Waals surface area contributed by atoms with Crippen LogP contribution in [-0.2, 0) is 14.8 Å². The molecule has 1 heterocycles. The number of nitrogens with zero attached hydrogens (tertiary/aromatic N) is 1. The minimum Gasteiger partial charge on any atom is -0.465 e. The molecule has 21 heavy (non-hydrogen) atoms. The van der Waals surface area contributed by atoms with Crippen LogP contribution in [0.1, 0.15) is 23.7 Å². The normalized spacial score (nSPS) is 18.0. The molecule has 0 aliphatic carbocycles. The lowest BCUT2D eigenvalue weighted by atomic mass is 9.94. The van der Waals surface area contributed by atoms with Gasteiger partial charge in [-0.25, -0.2) is 13.2 Å². The fourth-order valence-electron chi connectivity index (χ4n) is 2.17. The van der Waals surface area contributed by atoms with Gasteiger partial charge in [0.25, 0.3) is 0 Å². The van der Waals surface area contributed by atoms with Gasteiger partial charge in [0.1, 0.15) is 0 Å². The maximum atomic E-state index is 12.6. The number of methoxy groups -OCH3 is 1. The standard InChI is InChI=1S/C13H18N2O5S/c1-3-13(17)7-15(8-13)21(18,19)11-6-9(14)4-5-10(11)12(16)20-2/h4-6,17H,3,7-8,14H2,1-2H3. The molecule has 2 rings (SSSR count). The molecular weight excluding hydrogens is 296 g/mol. The zero-order valence-electron chi connectivity index (χ0n) is 11.9. The van der Waals surface area contributed by atoms with Gasteiger partial charge in [0.15, 0.2) is 0 Å². The number of benzene rings is 1. The van der Waals surface area contributed by atoms with Crippen molar-refractivity contribution in [3.63, 3.8) is 0 Å². The summed E-state index contributed by atoms with van der Waals surface area (Å²) in [6, 6.07) is 3.98. The molecule has 0 unspecified atom stereocenters. The van der Waals surface area contributed by atoms with E-state index >= 15 is 0 Å². The Labute approximate surface area is 123 Å². The topological polar surface area (TPSA) is 110 Å². The number of sulfonamides is 1. The molecule has 0 aromatic heterocycles. The molecule has 1 aromatic carbocycles. The third-order valence-corrected chi connectivity index (χ3v) is 5.46. The molecule has 0 atom stereocenters. The van der Waals surface area contributed by atoms with Gasteiger partial charge in [-0.05, 0) is 24.6 Å². The van der Waals surface area contributed by atoms with E-state index in [4.69, 9.17) is 5.73 Å². The molecule has 0 amide bonds. The third-order valence-electron chi connectivity index (χ3n) is 3.63. The number of carbonyl (C=O) groups excluding carboxylic acids is 1. The van der Waals surface area contributed by atoms with Crippen LogP contribution in [0.4, 0.5) is 5.69 Å². The Balaban J connectivity index is 2.41. The Bertz CT molecular complexity index is 665. The summed E-state index contributed by atoms with van der Waals surface area (Å²) in [6.45, 7) is 1.78. The summed E-state index contributed by atoms with van der Waals surface area (Å²) in [7, 11) is -2.72. The van der Waals surface area contributed by atoms with Gasteiger partial charge in [0.05, 0.1) is 23.2 Å². The van der Waals surface area contributed by atoms with E-state index in [1.54, 1.807) is 6.92 Å². The van der Waals surface area contributed by atoms with E-state index < -0.39 is 21.6 Å². The first-order chi connectivity index (χ1) is 9.73. The van der Waals surface area contributed by atoms with Gasteiger partial charge in [-0.15, -0.1) is 0 Å². The van der Waals surface area contributed by atoms with Gasteiger partial charge < -0.3 is 15.6 Å². The number of anilines is 1. The van der Waals surface area contributed by atoms with Gasteiger partial charge in [0, 0.05) is 18.8 Å². The molecule has 7 nitrogen and oxygen atoms in total. The number of β-amino-alcohol motifs (C(OH)–C–C–N with tert-alkyl or cyclic N) is 1. The first-order valence-electron chi connectivity index (χ1n) is 6.44. The Morgan fingerprint density at radius 2 is 2.10 bits per heavy atom. The number of rotatable bonds is 4. The van der Waals surface area contributed by atoms with Gasteiger partial charge in [-0.3, -0.25) is 0 Å². The Morgan fingerprint density at radius 3 is 2.62 bits per heavy atom. The molecule has 0 radical (unpaired) electrons. The summed E-state index contributed by atoms with van der Waals surface area (Å²) in [5.74, 6) is -0.750. The molecule has 3 N–H and O–H groups in total. The lowest BCUT2D eigenvalue weighted by Gasteiger charge is -2.44. The average Bonchev–Trinajstić information content (AvgIpc) is 2.42. The Kier molecular flexibility index (Phi) is 3.96. The van der Waals surface area contributed by atoms with E-state index in [9.17, 15) is 18.3 Å². The molecule has 0 saturated carbocycles. The molecule has 1 aliphatic rings. The van der Waals surface area contributed by atoms with Gasteiger partial charge in [-0.1, -0.05) is 6.92 Å². The highest BCUT2D eigenvalue weighted by Crippen LogP contribution is 2.32. The smallest absolute Gasteiger partial charge is 0.339 e. The average molecular weight is 314 g/mol. The molecule has 0 spiro atoms. The molecule has 1 aromatic rings. The van der Waals surface area contributed by atoms with Crippen molar-refractivity contribution in [1.29, 1.82) is 0 Å². The van der Waals surface area contributed by atoms with Crippen LogP contribution < -0.4 is 5.73 Å².